The van der Waals surface area contributed by atoms with Gasteiger partial charge in [0, 0.05) is 18.8 Å². The molecule has 0 atom stereocenters. The van der Waals surface area contributed by atoms with E-state index in [1.807, 2.05) is 4.90 Å². The van der Waals surface area contributed by atoms with E-state index in [4.69, 9.17) is 16.3 Å². The molecule has 1 aromatic carbocycles. The van der Waals surface area contributed by atoms with Gasteiger partial charge in [0.2, 0.25) is 0 Å². The Morgan fingerprint density at radius 2 is 1.95 bits per heavy atom. The van der Waals surface area contributed by atoms with Gasteiger partial charge >= 0.3 is 12.1 Å². The van der Waals surface area contributed by atoms with Crippen LogP contribution >= 0.6 is 11.6 Å². The standard InChI is InChI=1S/C12H12ClF3N2O2/c13-9-7-8(17-11(19)12(14,15)16)1-2-10(9)18-3-5-20-6-4-18/h1-2,7H,3-6H2,(H,17,19). The summed E-state index contributed by atoms with van der Waals surface area (Å²) in [6, 6.07) is 4.27. The first kappa shape index (κ1) is 14.9. The SMILES string of the molecule is O=C(Nc1ccc(N2CCOCC2)c(Cl)c1)C(F)(F)F. The van der Waals surface area contributed by atoms with Crippen molar-refractivity contribution in [1.82, 2.24) is 0 Å². The van der Waals surface area contributed by atoms with Gasteiger partial charge in [-0.15, -0.1) is 0 Å². The number of anilines is 2. The molecule has 1 fully saturated rings. The number of nitrogens with zero attached hydrogens (tertiary/aromatic N) is 1. The van der Waals surface area contributed by atoms with Gasteiger partial charge in [-0.1, -0.05) is 11.6 Å². The highest BCUT2D eigenvalue weighted by atomic mass is 35.5. The Kier molecular flexibility index (Phi) is 4.39. The van der Waals surface area contributed by atoms with E-state index in [1.54, 1.807) is 11.4 Å². The maximum atomic E-state index is 12.1. The highest BCUT2D eigenvalue weighted by molar-refractivity contribution is 6.33. The van der Waals surface area contributed by atoms with Crippen LogP contribution in [0.1, 0.15) is 0 Å². The monoisotopic (exact) mass is 308 g/mol. The normalized spacial score (nSPS) is 16.1. The number of morpholine rings is 1. The molecular formula is C12H12ClF3N2O2. The van der Waals surface area contributed by atoms with Crippen molar-refractivity contribution in [2.45, 2.75) is 6.18 Å². The predicted octanol–water partition coefficient (Wildman–Crippen LogP) is 2.68. The maximum Gasteiger partial charge on any atom is 0.471 e. The molecule has 1 amide bonds. The van der Waals surface area contributed by atoms with Crippen LogP contribution in [-0.4, -0.2) is 38.4 Å². The zero-order chi connectivity index (χ0) is 14.8. The van der Waals surface area contributed by atoms with Gasteiger partial charge in [-0.25, -0.2) is 0 Å². The molecule has 0 saturated carbocycles. The number of carbonyl (C=O) groups is 1. The van der Waals surface area contributed by atoms with Gasteiger partial charge in [0.1, 0.15) is 0 Å². The Hall–Kier alpha value is -1.47. The molecule has 0 spiro atoms. The summed E-state index contributed by atoms with van der Waals surface area (Å²) in [6.45, 7) is 2.47. The summed E-state index contributed by atoms with van der Waals surface area (Å²) in [5.74, 6) is -2.02. The van der Waals surface area contributed by atoms with E-state index in [9.17, 15) is 18.0 Å². The van der Waals surface area contributed by atoms with E-state index in [2.05, 4.69) is 0 Å². The van der Waals surface area contributed by atoms with Gasteiger partial charge in [-0.05, 0) is 18.2 Å². The van der Waals surface area contributed by atoms with Crippen LogP contribution in [0, 0.1) is 0 Å². The number of nitrogens with one attached hydrogen (secondary N) is 1. The van der Waals surface area contributed by atoms with E-state index in [0.717, 1.165) is 0 Å². The number of hydrogen-bond donors (Lipinski definition) is 1. The second-order valence-corrected chi connectivity index (χ2v) is 4.62. The number of benzene rings is 1. The molecule has 2 rings (SSSR count). The average molecular weight is 309 g/mol. The summed E-state index contributed by atoms with van der Waals surface area (Å²) >= 11 is 6.05. The lowest BCUT2D eigenvalue weighted by Crippen LogP contribution is -2.36. The highest BCUT2D eigenvalue weighted by Gasteiger charge is 2.38. The van der Waals surface area contributed by atoms with Crippen molar-refractivity contribution in [1.29, 1.82) is 0 Å². The zero-order valence-corrected chi connectivity index (χ0v) is 11.1. The minimum absolute atomic E-state index is 0.00864. The smallest absolute Gasteiger partial charge is 0.378 e. The number of amides is 1. The van der Waals surface area contributed by atoms with Crippen molar-refractivity contribution >= 4 is 28.9 Å². The highest BCUT2D eigenvalue weighted by Crippen LogP contribution is 2.30. The molecule has 20 heavy (non-hydrogen) atoms. The summed E-state index contributed by atoms with van der Waals surface area (Å²) in [5, 5.41) is 2.05. The Balaban J connectivity index is 2.11. The van der Waals surface area contributed by atoms with Gasteiger partial charge in [0.05, 0.1) is 23.9 Å². The third kappa shape index (κ3) is 3.55. The van der Waals surface area contributed by atoms with Crippen molar-refractivity contribution in [2.24, 2.45) is 0 Å². The Labute approximate surface area is 118 Å². The van der Waals surface area contributed by atoms with Crippen molar-refractivity contribution in [2.75, 3.05) is 36.5 Å². The minimum Gasteiger partial charge on any atom is -0.378 e. The lowest BCUT2D eigenvalue weighted by Gasteiger charge is -2.29. The van der Waals surface area contributed by atoms with Crippen molar-refractivity contribution in [3.8, 4) is 0 Å². The van der Waals surface area contributed by atoms with E-state index in [-0.39, 0.29) is 10.7 Å². The molecule has 0 radical (unpaired) electrons. The molecular weight excluding hydrogens is 297 g/mol. The van der Waals surface area contributed by atoms with Gasteiger partial charge < -0.3 is 15.0 Å². The molecule has 1 N–H and O–H groups in total. The van der Waals surface area contributed by atoms with Gasteiger partial charge in [-0.3, -0.25) is 4.79 Å². The van der Waals surface area contributed by atoms with E-state index >= 15 is 0 Å². The molecule has 1 heterocycles. The van der Waals surface area contributed by atoms with Gasteiger partial charge in [0.25, 0.3) is 0 Å². The fourth-order valence-electron chi connectivity index (χ4n) is 1.85. The number of rotatable bonds is 2. The van der Waals surface area contributed by atoms with E-state index < -0.39 is 12.1 Å². The average Bonchev–Trinajstić information content (AvgIpc) is 2.38. The molecule has 1 aliphatic heterocycles. The quantitative estimate of drug-likeness (QED) is 0.913. The predicted molar refractivity (Wildman–Crippen MR) is 69.2 cm³/mol. The summed E-state index contributed by atoms with van der Waals surface area (Å²) < 4.78 is 41.6. The molecule has 1 saturated heterocycles. The van der Waals surface area contributed by atoms with Crippen LogP contribution in [0.4, 0.5) is 24.5 Å². The first-order valence-electron chi connectivity index (χ1n) is 5.88. The summed E-state index contributed by atoms with van der Waals surface area (Å²) in [5.41, 5.74) is 0.717. The molecule has 4 nitrogen and oxygen atoms in total. The first-order valence-corrected chi connectivity index (χ1v) is 6.26. The second-order valence-electron chi connectivity index (χ2n) is 4.22. The van der Waals surface area contributed by atoms with Crippen molar-refractivity contribution in [3.05, 3.63) is 23.2 Å². The lowest BCUT2D eigenvalue weighted by atomic mass is 10.2. The fourth-order valence-corrected chi connectivity index (χ4v) is 2.15. The molecule has 0 aromatic heterocycles. The summed E-state index contributed by atoms with van der Waals surface area (Å²) in [4.78, 5) is 12.8. The molecule has 0 unspecified atom stereocenters. The molecule has 110 valence electrons. The third-order valence-electron chi connectivity index (χ3n) is 2.81. The third-order valence-corrected chi connectivity index (χ3v) is 3.12. The Morgan fingerprint density at radius 1 is 1.30 bits per heavy atom. The molecule has 1 aromatic rings. The van der Waals surface area contributed by atoms with E-state index in [0.29, 0.717) is 32.0 Å². The van der Waals surface area contributed by atoms with Crippen LogP contribution in [0.25, 0.3) is 0 Å². The van der Waals surface area contributed by atoms with Gasteiger partial charge in [0.15, 0.2) is 0 Å². The molecule has 8 heteroatoms. The number of halogens is 4. The minimum atomic E-state index is -4.92. The van der Waals surface area contributed by atoms with Crippen LogP contribution in [0.2, 0.25) is 5.02 Å². The maximum absolute atomic E-state index is 12.1. The van der Waals surface area contributed by atoms with Gasteiger partial charge in [-0.2, -0.15) is 13.2 Å². The van der Waals surface area contributed by atoms with Crippen molar-refractivity contribution < 1.29 is 22.7 Å². The number of hydrogen-bond acceptors (Lipinski definition) is 3. The second kappa shape index (κ2) is 5.88. The van der Waals surface area contributed by atoms with Crippen LogP contribution in [0.15, 0.2) is 18.2 Å². The van der Waals surface area contributed by atoms with Crippen LogP contribution in [0.5, 0.6) is 0 Å². The Bertz CT molecular complexity index is 502. The van der Waals surface area contributed by atoms with Crippen molar-refractivity contribution in [3.63, 3.8) is 0 Å². The van der Waals surface area contributed by atoms with Crippen LogP contribution in [-0.2, 0) is 9.53 Å². The fraction of sp³-hybridized carbons (Fsp3) is 0.417. The summed E-state index contributed by atoms with van der Waals surface area (Å²) in [6.07, 6.45) is -4.92. The number of ether oxygens (including phenoxy) is 1. The largest absolute Gasteiger partial charge is 0.471 e. The topological polar surface area (TPSA) is 41.6 Å². The Morgan fingerprint density at radius 3 is 2.50 bits per heavy atom. The van der Waals surface area contributed by atoms with E-state index in [1.165, 1.54) is 12.1 Å². The molecule has 0 bridgehead atoms. The van der Waals surface area contributed by atoms with Crippen LogP contribution < -0.4 is 10.2 Å². The number of carbonyl (C=O) groups excluding carboxylic acids is 1. The first-order chi connectivity index (χ1) is 9.38. The lowest BCUT2D eigenvalue weighted by molar-refractivity contribution is -0.167. The molecule has 0 aliphatic carbocycles. The molecule has 1 aliphatic rings. The van der Waals surface area contributed by atoms with Crippen LogP contribution in [0.3, 0.4) is 0 Å². The number of alkyl halides is 3. The summed E-state index contributed by atoms with van der Waals surface area (Å²) in [7, 11) is 0. The zero-order valence-electron chi connectivity index (χ0n) is 10.3.